The average Bonchev–Trinajstić information content (AvgIpc) is 2.87. The Morgan fingerprint density at radius 1 is 1.36 bits per heavy atom. The number of ether oxygens (including phenoxy) is 1. The molecule has 2 N–H and O–H groups in total. The first-order chi connectivity index (χ1) is 12.0. The third kappa shape index (κ3) is 3.38. The molecule has 0 spiro atoms. The van der Waals surface area contributed by atoms with Gasteiger partial charge < -0.3 is 14.8 Å². The molecule has 0 aliphatic heterocycles. The summed E-state index contributed by atoms with van der Waals surface area (Å²) in [7, 11) is 1.56. The van der Waals surface area contributed by atoms with Crippen molar-refractivity contribution in [2.45, 2.75) is 13.5 Å². The number of aryl methyl sites for hydroxylation is 1. The molecule has 7 nitrogen and oxygen atoms in total. The topological polar surface area (TPSA) is 107 Å². The van der Waals surface area contributed by atoms with Gasteiger partial charge in [-0.05, 0) is 31.2 Å². The standard InChI is InChI=1S/C17H14BrN5O2/c1-9-5-10(8-25-2)13(7-19)16(20-9)23-22-15-12-6-11(18)3-4-14(12)21-17(15)24/h3-6,21,24H,8H2,1-2H3. The molecule has 1 aromatic carbocycles. The molecule has 0 aliphatic rings. The van der Waals surface area contributed by atoms with Gasteiger partial charge in [0.1, 0.15) is 11.6 Å². The Labute approximate surface area is 152 Å². The first-order valence-electron chi connectivity index (χ1n) is 7.35. The quantitative estimate of drug-likeness (QED) is 0.615. The first kappa shape index (κ1) is 17.1. The van der Waals surface area contributed by atoms with Gasteiger partial charge in [0.15, 0.2) is 11.5 Å². The number of aromatic nitrogens is 2. The van der Waals surface area contributed by atoms with Gasteiger partial charge in [-0.15, -0.1) is 10.2 Å². The molecule has 2 aromatic heterocycles. The Kier molecular flexibility index (Phi) is 4.79. The van der Waals surface area contributed by atoms with E-state index in [2.05, 4.69) is 42.2 Å². The number of halogens is 1. The van der Waals surface area contributed by atoms with E-state index < -0.39 is 0 Å². The molecule has 0 amide bonds. The van der Waals surface area contributed by atoms with Crippen molar-refractivity contribution < 1.29 is 9.84 Å². The zero-order valence-electron chi connectivity index (χ0n) is 13.5. The summed E-state index contributed by atoms with van der Waals surface area (Å²) in [4.78, 5) is 7.11. The van der Waals surface area contributed by atoms with Crippen molar-refractivity contribution in [3.8, 4) is 11.9 Å². The average molecular weight is 400 g/mol. The van der Waals surface area contributed by atoms with Crippen LogP contribution in [-0.2, 0) is 11.3 Å². The van der Waals surface area contributed by atoms with Crippen molar-refractivity contribution in [3.05, 3.63) is 45.6 Å². The number of aromatic amines is 1. The number of azo groups is 1. The summed E-state index contributed by atoms with van der Waals surface area (Å²) >= 11 is 3.39. The number of fused-ring (bicyclic) bond motifs is 1. The Balaban J connectivity index is 2.10. The second-order valence-corrected chi connectivity index (χ2v) is 6.29. The predicted molar refractivity (Wildman–Crippen MR) is 96.2 cm³/mol. The molecule has 3 aromatic rings. The molecule has 126 valence electrons. The number of nitrogens with one attached hydrogen (secondary N) is 1. The maximum absolute atomic E-state index is 10.1. The zero-order chi connectivity index (χ0) is 18.0. The summed E-state index contributed by atoms with van der Waals surface area (Å²) < 4.78 is 5.97. The number of hydrogen-bond donors (Lipinski definition) is 2. The van der Waals surface area contributed by atoms with Crippen LogP contribution in [0.25, 0.3) is 10.9 Å². The molecule has 3 rings (SSSR count). The number of aromatic hydroxyl groups is 1. The molecule has 25 heavy (non-hydrogen) atoms. The summed E-state index contributed by atoms with van der Waals surface area (Å²) in [6.07, 6.45) is 0. The van der Waals surface area contributed by atoms with Gasteiger partial charge in [0, 0.05) is 28.2 Å². The van der Waals surface area contributed by atoms with E-state index in [9.17, 15) is 10.4 Å². The summed E-state index contributed by atoms with van der Waals surface area (Å²) in [6, 6.07) is 9.37. The SMILES string of the molecule is COCc1cc(C)nc(N=Nc2c(O)[nH]c3ccc(Br)cc23)c1C#N. The Bertz CT molecular complexity index is 1020. The molecule has 0 aliphatic carbocycles. The molecule has 0 fully saturated rings. The van der Waals surface area contributed by atoms with Gasteiger partial charge >= 0.3 is 0 Å². The molecular weight excluding hydrogens is 386 g/mol. The molecule has 0 saturated carbocycles. The number of benzene rings is 1. The minimum Gasteiger partial charge on any atom is -0.493 e. The summed E-state index contributed by atoms with van der Waals surface area (Å²) in [5, 5.41) is 28.5. The second-order valence-electron chi connectivity index (χ2n) is 5.38. The van der Waals surface area contributed by atoms with Gasteiger partial charge in [-0.3, -0.25) is 0 Å². The van der Waals surface area contributed by atoms with Crippen molar-refractivity contribution in [2.24, 2.45) is 10.2 Å². The van der Waals surface area contributed by atoms with Gasteiger partial charge in [0.2, 0.25) is 5.88 Å². The highest BCUT2D eigenvalue weighted by Crippen LogP contribution is 2.37. The minimum absolute atomic E-state index is 0.0971. The third-order valence-electron chi connectivity index (χ3n) is 3.58. The lowest BCUT2D eigenvalue weighted by molar-refractivity contribution is 0.184. The second kappa shape index (κ2) is 7.01. The minimum atomic E-state index is -0.0971. The van der Waals surface area contributed by atoms with Gasteiger partial charge in [-0.1, -0.05) is 15.9 Å². The van der Waals surface area contributed by atoms with Crippen LogP contribution in [-0.4, -0.2) is 22.2 Å². The largest absolute Gasteiger partial charge is 0.493 e. The fraction of sp³-hybridized carbons (Fsp3) is 0.176. The highest BCUT2D eigenvalue weighted by Gasteiger charge is 2.14. The van der Waals surface area contributed by atoms with Crippen molar-refractivity contribution >= 4 is 38.3 Å². The Morgan fingerprint density at radius 3 is 2.88 bits per heavy atom. The van der Waals surface area contributed by atoms with Gasteiger partial charge in [0.25, 0.3) is 0 Å². The highest BCUT2D eigenvalue weighted by atomic mass is 79.9. The molecule has 0 bridgehead atoms. The predicted octanol–water partition coefficient (Wildman–Crippen LogP) is 4.77. The van der Waals surface area contributed by atoms with E-state index in [-0.39, 0.29) is 24.0 Å². The maximum atomic E-state index is 10.1. The van der Waals surface area contributed by atoms with E-state index in [1.165, 1.54) is 0 Å². The van der Waals surface area contributed by atoms with Crippen LogP contribution in [0.2, 0.25) is 0 Å². The van der Waals surface area contributed by atoms with Crippen LogP contribution in [0.5, 0.6) is 5.88 Å². The molecule has 0 atom stereocenters. The Morgan fingerprint density at radius 2 is 2.16 bits per heavy atom. The summed E-state index contributed by atoms with van der Waals surface area (Å²) in [6.45, 7) is 2.08. The van der Waals surface area contributed by atoms with Crippen LogP contribution in [0.4, 0.5) is 11.5 Å². The molecule has 0 unspecified atom stereocenters. The monoisotopic (exact) mass is 399 g/mol. The van der Waals surface area contributed by atoms with Crippen molar-refractivity contribution in [2.75, 3.05) is 7.11 Å². The molecule has 0 saturated heterocycles. The van der Waals surface area contributed by atoms with Gasteiger partial charge in [0.05, 0.1) is 12.1 Å². The third-order valence-corrected chi connectivity index (χ3v) is 4.07. The van der Waals surface area contributed by atoms with Crippen molar-refractivity contribution in [1.82, 2.24) is 9.97 Å². The number of H-pyrrole nitrogens is 1. The lowest BCUT2D eigenvalue weighted by atomic mass is 10.1. The van der Waals surface area contributed by atoms with E-state index in [0.29, 0.717) is 22.2 Å². The van der Waals surface area contributed by atoms with Crippen LogP contribution < -0.4 is 0 Å². The van der Waals surface area contributed by atoms with Crippen LogP contribution in [0.1, 0.15) is 16.8 Å². The first-order valence-corrected chi connectivity index (χ1v) is 8.14. The number of pyridine rings is 1. The summed E-state index contributed by atoms with van der Waals surface area (Å²) in [5.74, 6) is 0.0958. The number of nitriles is 1. The lowest BCUT2D eigenvalue weighted by Crippen LogP contribution is -1.96. The van der Waals surface area contributed by atoms with E-state index in [0.717, 1.165) is 9.99 Å². The molecule has 2 heterocycles. The summed E-state index contributed by atoms with van der Waals surface area (Å²) in [5.41, 5.74) is 2.71. The van der Waals surface area contributed by atoms with Gasteiger partial charge in [-0.25, -0.2) is 4.98 Å². The fourth-order valence-electron chi connectivity index (χ4n) is 2.52. The Hall–Kier alpha value is -2.76. The van der Waals surface area contributed by atoms with Crippen LogP contribution in [0.3, 0.4) is 0 Å². The van der Waals surface area contributed by atoms with Crippen LogP contribution in [0.15, 0.2) is 39.0 Å². The fourth-order valence-corrected chi connectivity index (χ4v) is 2.88. The highest BCUT2D eigenvalue weighted by molar-refractivity contribution is 9.10. The van der Waals surface area contributed by atoms with Crippen molar-refractivity contribution in [3.63, 3.8) is 0 Å². The normalized spacial score (nSPS) is 11.3. The zero-order valence-corrected chi connectivity index (χ0v) is 15.1. The molecule has 0 radical (unpaired) electrons. The lowest BCUT2D eigenvalue weighted by Gasteiger charge is -2.06. The smallest absolute Gasteiger partial charge is 0.218 e. The number of nitrogens with zero attached hydrogens (tertiary/aromatic N) is 4. The number of rotatable bonds is 4. The number of hydrogen-bond acceptors (Lipinski definition) is 6. The van der Waals surface area contributed by atoms with Gasteiger partial charge in [-0.2, -0.15) is 5.26 Å². The number of methoxy groups -OCH3 is 1. The van der Waals surface area contributed by atoms with E-state index in [4.69, 9.17) is 4.74 Å². The maximum Gasteiger partial charge on any atom is 0.218 e. The molecular formula is C17H14BrN5O2. The van der Waals surface area contributed by atoms with Crippen LogP contribution in [0, 0.1) is 18.3 Å². The van der Waals surface area contributed by atoms with E-state index >= 15 is 0 Å². The van der Waals surface area contributed by atoms with E-state index in [1.807, 2.05) is 18.2 Å². The van der Waals surface area contributed by atoms with Crippen molar-refractivity contribution in [1.29, 1.82) is 5.26 Å². The van der Waals surface area contributed by atoms with E-state index in [1.54, 1.807) is 20.1 Å². The van der Waals surface area contributed by atoms with Crippen LogP contribution >= 0.6 is 15.9 Å². The molecule has 8 heteroatoms.